The monoisotopic (exact) mass is 241 g/mol. The molecule has 0 radical (unpaired) electrons. The van der Waals surface area contributed by atoms with Gasteiger partial charge in [-0.2, -0.15) is 0 Å². The summed E-state index contributed by atoms with van der Waals surface area (Å²) in [5, 5.41) is 0. The fraction of sp³-hybridized carbons (Fsp3) is 0.500. The van der Waals surface area contributed by atoms with Crippen molar-refractivity contribution in [1.82, 2.24) is 4.72 Å². The molecule has 4 heteroatoms. The molecule has 1 N–H and O–H groups in total. The Hall–Kier alpha value is -0.870. The summed E-state index contributed by atoms with van der Waals surface area (Å²) in [5.41, 5.74) is 1.04. The lowest BCUT2D eigenvalue weighted by Crippen LogP contribution is -2.24. The standard InChI is InChI=1S/C12H19NO2S/c1-4-8-13-16(14,15)12-7-5-6-11(9-12)10(2)3/h5-7,9-10,13H,4,8H2,1-3H3. The van der Waals surface area contributed by atoms with Crippen LogP contribution in [0.15, 0.2) is 29.2 Å². The Morgan fingerprint density at radius 1 is 1.31 bits per heavy atom. The number of benzene rings is 1. The lowest BCUT2D eigenvalue weighted by molar-refractivity contribution is 0.580. The van der Waals surface area contributed by atoms with E-state index in [0.29, 0.717) is 17.4 Å². The van der Waals surface area contributed by atoms with E-state index in [1.54, 1.807) is 18.2 Å². The van der Waals surface area contributed by atoms with E-state index in [1.165, 1.54) is 0 Å². The van der Waals surface area contributed by atoms with Gasteiger partial charge in [0.2, 0.25) is 10.0 Å². The van der Waals surface area contributed by atoms with Crippen LogP contribution < -0.4 is 4.72 Å². The molecule has 0 fully saturated rings. The highest BCUT2D eigenvalue weighted by Crippen LogP contribution is 2.18. The van der Waals surface area contributed by atoms with Crippen molar-refractivity contribution in [3.05, 3.63) is 29.8 Å². The molecule has 0 bridgehead atoms. The minimum absolute atomic E-state index is 0.335. The third-order valence-electron chi connectivity index (χ3n) is 2.38. The van der Waals surface area contributed by atoms with Crippen molar-refractivity contribution in [3.8, 4) is 0 Å². The van der Waals surface area contributed by atoms with Crippen molar-refractivity contribution in [3.63, 3.8) is 0 Å². The zero-order valence-electron chi connectivity index (χ0n) is 10.0. The lowest BCUT2D eigenvalue weighted by atomic mass is 10.0. The van der Waals surface area contributed by atoms with Gasteiger partial charge in [0.1, 0.15) is 0 Å². The van der Waals surface area contributed by atoms with Crippen molar-refractivity contribution in [2.75, 3.05) is 6.54 Å². The molecule has 1 rings (SSSR count). The van der Waals surface area contributed by atoms with Crippen LogP contribution >= 0.6 is 0 Å². The molecule has 16 heavy (non-hydrogen) atoms. The van der Waals surface area contributed by atoms with Gasteiger partial charge in [-0.05, 0) is 30.0 Å². The Balaban J connectivity index is 2.99. The van der Waals surface area contributed by atoms with Gasteiger partial charge in [0.05, 0.1) is 4.90 Å². The van der Waals surface area contributed by atoms with Crippen LogP contribution in [0.5, 0.6) is 0 Å². The quantitative estimate of drug-likeness (QED) is 0.861. The van der Waals surface area contributed by atoms with E-state index in [9.17, 15) is 8.42 Å². The second kappa shape index (κ2) is 5.46. The molecule has 1 aromatic rings. The molecule has 1 aromatic carbocycles. The normalized spacial score (nSPS) is 12.0. The molecular formula is C12H19NO2S. The fourth-order valence-electron chi connectivity index (χ4n) is 1.36. The van der Waals surface area contributed by atoms with E-state index in [1.807, 2.05) is 26.8 Å². The summed E-state index contributed by atoms with van der Waals surface area (Å²) in [6, 6.07) is 7.10. The molecule has 0 saturated carbocycles. The molecule has 90 valence electrons. The van der Waals surface area contributed by atoms with Crippen LogP contribution in [0.25, 0.3) is 0 Å². The number of sulfonamides is 1. The largest absolute Gasteiger partial charge is 0.240 e. The molecule has 0 unspecified atom stereocenters. The van der Waals surface area contributed by atoms with Gasteiger partial charge in [0, 0.05) is 6.54 Å². The Morgan fingerprint density at radius 3 is 2.56 bits per heavy atom. The van der Waals surface area contributed by atoms with Gasteiger partial charge in [0.25, 0.3) is 0 Å². The van der Waals surface area contributed by atoms with Crippen LogP contribution in [0, 0.1) is 0 Å². The van der Waals surface area contributed by atoms with Gasteiger partial charge in [-0.1, -0.05) is 32.9 Å². The predicted octanol–water partition coefficient (Wildman–Crippen LogP) is 2.50. The zero-order valence-corrected chi connectivity index (χ0v) is 10.8. The Morgan fingerprint density at radius 2 is 2.00 bits per heavy atom. The van der Waals surface area contributed by atoms with Gasteiger partial charge in [-0.15, -0.1) is 0 Å². The summed E-state index contributed by atoms with van der Waals surface area (Å²) in [6.07, 6.45) is 0.795. The van der Waals surface area contributed by atoms with Gasteiger partial charge >= 0.3 is 0 Å². The molecule has 0 aliphatic rings. The smallest absolute Gasteiger partial charge is 0.211 e. The third kappa shape index (κ3) is 3.32. The molecule has 0 aromatic heterocycles. The first-order valence-electron chi connectivity index (χ1n) is 5.57. The van der Waals surface area contributed by atoms with Gasteiger partial charge in [0.15, 0.2) is 0 Å². The van der Waals surface area contributed by atoms with E-state index in [-0.39, 0.29) is 0 Å². The molecular weight excluding hydrogens is 222 g/mol. The summed E-state index contributed by atoms with van der Waals surface area (Å²) < 4.78 is 26.3. The predicted molar refractivity (Wildman–Crippen MR) is 66.0 cm³/mol. The van der Waals surface area contributed by atoms with Crippen LogP contribution in [-0.4, -0.2) is 15.0 Å². The zero-order chi connectivity index (χ0) is 12.2. The minimum Gasteiger partial charge on any atom is -0.211 e. The van der Waals surface area contributed by atoms with E-state index < -0.39 is 10.0 Å². The first kappa shape index (κ1) is 13.2. The fourth-order valence-corrected chi connectivity index (χ4v) is 2.55. The molecule has 0 heterocycles. The second-order valence-electron chi connectivity index (χ2n) is 4.12. The SMILES string of the molecule is CCCNS(=O)(=O)c1cccc(C(C)C)c1. The van der Waals surface area contributed by atoms with Gasteiger partial charge in [-0.25, -0.2) is 13.1 Å². The highest BCUT2D eigenvalue weighted by Gasteiger charge is 2.13. The van der Waals surface area contributed by atoms with E-state index in [4.69, 9.17) is 0 Å². The molecule has 0 amide bonds. The number of nitrogens with one attached hydrogen (secondary N) is 1. The summed E-state index contributed by atoms with van der Waals surface area (Å²) in [5.74, 6) is 0.335. The van der Waals surface area contributed by atoms with Gasteiger partial charge < -0.3 is 0 Å². The van der Waals surface area contributed by atoms with Crippen molar-refractivity contribution in [2.45, 2.75) is 38.0 Å². The topological polar surface area (TPSA) is 46.2 Å². The Labute approximate surface area is 97.9 Å². The highest BCUT2D eigenvalue weighted by atomic mass is 32.2. The highest BCUT2D eigenvalue weighted by molar-refractivity contribution is 7.89. The molecule has 3 nitrogen and oxygen atoms in total. The molecule has 0 aliphatic carbocycles. The van der Waals surface area contributed by atoms with Crippen LogP contribution in [0.3, 0.4) is 0 Å². The summed E-state index contributed by atoms with van der Waals surface area (Å²) in [6.45, 7) is 6.51. The van der Waals surface area contributed by atoms with Crippen molar-refractivity contribution in [2.24, 2.45) is 0 Å². The maximum absolute atomic E-state index is 11.9. The summed E-state index contributed by atoms with van der Waals surface area (Å²) >= 11 is 0. The van der Waals surface area contributed by atoms with Crippen LogP contribution in [0.2, 0.25) is 0 Å². The average molecular weight is 241 g/mol. The van der Waals surface area contributed by atoms with Crippen LogP contribution in [-0.2, 0) is 10.0 Å². The number of rotatable bonds is 5. The summed E-state index contributed by atoms with van der Waals surface area (Å²) in [4.78, 5) is 0.354. The molecule has 0 atom stereocenters. The Kier molecular flexibility index (Phi) is 4.50. The van der Waals surface area contributed by atoms with E-state index >= 15 is 0 Å². The average Bonchev–Trinajstić information content (AvgIpc) is 2.26. The molecule has 0 aliphatic heterocycles. The van der Waals surface area contributed by atoms with Crippen LogP contribution in [0.1, 0.15) is 38.7 Å². The van der Waals surface area contributed by atoms with Crippen molar-refractivity contribution < 1.29 is 8.42 Å². The lowest BCUT2D eigenvalue weighted by Gasteiger charge is -2.09. The van der Waals surface area contributed by atoms with Crippen molar-refractivity contribution in [1.29, 1.82) is 0 Å². The van der Waals surface area contributed by atoms with E-state index in [0.717, 1.165) is 12.0 Å². The summed E-state index contributed by atoms with van der Waals surface area (Å²) in [7, 11) is -3.33. The maximum Gasteiger partial charge on any atom is 0.240 e. The van der Waals surface area contributed by atoms with Crippen molar-refractivity contribution >= 4 is 10.0 Å². The molecule has 0 spiro atoms. The number of hydrogen-bond acceptors (Lipinski definition) is 2. The maximum atomic E-state index is 11.9. The second-order valence-corrected chi connectivity index (χ2v) is 5.89. The molecule has 0 saturated heterocycles. The Bertz CT molecular complexity index is 438. The first-order valence-corrected chi connectivity index (χ1v) is 7.05. The van der Waals surface area contributed by atoms with Crippen LogP contribution in [0.4, 0.5) is 0 Å². The third-order valence-corrected chi connectivity index (χ3v) is 3.84. The van der Waals surface area contributed by atoms with E-state index in [2.05, 4.69) is 4.72 Å². The minimum atomic E-state index is -3.33. The first-order chi connectivity index (χ1) is 7.47. The number of hydrogen-bond donors (Lipinski definition) is 1. The van der Waals surface area contributed by atoms with Gasteiger partial charge in [-0.3, -0.25) is 0 Å².